The van der Waals surface area contributed by atoms with Gasteiger partial charge in [-0.25, -0.2) is 0 Å². The summed E-state index contributed by atoms with van der Waals surface area (Å²) in [5.41, 5.74) is 6.85. The van der Waals surface area contributed by atoms with Crippen molar-refractivity contribution in [3.8, 4) is 0 Å². The number of aldehydes is 1. The summed E-state index contributed by atoms with van der Waals surface area (Å²) >= 11 is 4.45. The van der Waals surface area contributed by atoms with E-state index in [4.69, 9.17) is 0 Å². The van der Waals surface area contributed by atoms with Crippen LogP contribution in [0.25, 0.3) is 0 Å². The predicted molar refractivity (Wildman–Crippen MR) is 92.9 cm³/mol. The van der Waals surface area contributed by atoms with Gasteiger partial charge in [-0.2, -0.15) is 0 Å². The van der Waals surface area contributed by atoms with Gasteiger partial charge in [-0.3, -0.25) is 0 Å². The molecule has 1 heterocycles. The second-order valence-electron chi connectivity index (χ2n) is 6.46. The Balaban J connectivity index is 2.04. The number of benzene rings is 1. The number of fused-ring (bicyclic) bond motifs is 1. The molecule has 1 atom stereocenters. The van der Waals surface area contributed by atoms with Gasteiger partial charge in [-0.1, -0.05) is 19.1 Å². The molecule has 116 valence electrons. The lowest BCUT2D eigenvalue weighted by atomic mass is 9.85. The zero-order valence-electron chi connectivity index (χ0n) is 13.3. The van der Waals surface area contributed by atoms with Crippen molar-refractivity contribution in [3.63, 3.8) is 0 Å². The van der Waals surface area contributed by atoms with E-state index in [1.807, 2.05) is 6.07 Å². The fourth-order valence-corrected chi connectivity index (χ4v) is 3.96. The van der Waals surface area contributed by atoms with Crippen LogP contribution in [0.3, 0.4) is 0 Å². The Morgan fingerprint density at radius 3 is 2.95 bits per heavy atom. The van der Waals surface area contributed by atoms with Gasteiger partial charge >= 0.3 is 0 Å². The molecule has 1 aromatic heterocycles. The van der Waals surface area contributed by atoms with Gasteiger partial charge in [0.25, 0.3) is 0 Å². The van der Waals surface area contributed by atoms with E-state index >= 15 is 0 Å². The highest BCUT2D eigenvalue weighted by Crippen LogP contribution is 2.33. The second-order valence-corrected chi connectivity index (χ2v) is 6.98. The zero-order valence-corrected chi connectivity index (χ0v) is 14.2. The number of nitrogens with zero attached hydrogens (tertiary/aromatic N) is 1. The lowest BCUT2D eigenvalue weighted by molar-refractivity contribution is -0.108. The molecule has 2 nitrogen and oxygen atoms in total. The normalized spacial score (nSPS) is 17.3. The Kier molecular flexibility index (Phi) is 4.44. The Hall–Kier alpha value is -1.48. The fourth-order valence-electron chi connectivity index (χ4n) is 3.71. The number of carbonyl (C=O) groups is 1. The topological polar surface area (TPSA) is 22.0 Å². The summed E-state index contributed by atoms with van der Waals surface area (Å²) in [6, 6.07) is 8.37. The molecule has 0 saturated carbocycles. The van der Waals surface area contributed by atoms with Crippen molar-refractivity contribution in [1.29, 1.82) is 0 Å². The second kappa shape index (κ2) is 6.33. The molecular weight excluding hydrogens is 290 g/mol. The van der Waals surface area contributed by atoms with E-state index in [1.54, 1.807) is 0 Å². The van der Waals surface area contributed by atoms with E-state index in [9.17, 15) is 4.79 Å². The summed E-state index contributed by atoms with van der Waals surface area (Å²) in [5, 5.41) is 0. The highest BCUT2D eigenvalue weighted by atomic mass is 32.1. The maximum atomic E-state index is 11.1. The molecule has 1 aliphatic carbocycles. The van der Waals surface area contributed by atoms with Gasteiger partial charge in [0, 0.05) is 16.3 Å². The zero-order chi connectivity index (χ0) is 15.7. The Bertz CT molecular complexity index is 702. The van der Waals surface area contributed by atoms with Crippen molar-refractivity contribution in [2.24, 2.45) is 5.92 Å². The summed E-state index contributed by atoms with van der Waals surface area (Å²) in [4.78, 5) is 12.1. The lowest BCUT2D eigenvalue weighted by Crippen LogP contribution is -2.15. The van der Waals surface area contributed by atoms with Crippen LogP contribution < -0.4 is 0 Å². The van der Waals surface area contributed by atoms with Crippen LogP contribution >= 0.6 is 12.6 Å². The number of thiol groups is 1. The molecule has 0 fully saturated rings. The Morgan fingerprint density at radius 1 is 1.41 bits per heavy atom. The number of rotatable bonds is 4. The van der Waals surface area contributed by atoms with Crippen molar-refractivity contribution >= 4 is 18.9 Å². The van der Waals surface area contributed by atoms with Gasteiger partial charge < -0.3 is 9.36 Å². The first-order valence-electron chi connectivity index (χ1n) is 8.01. The number of carbonyl (C=O) groups excluding carboxylic acids is 1. The van der Waals surface area contributed by atoms with Crippen LogP contribution in [-0.2, 0) is 30.6 Å². The molecule has 0 N–H and O–H groups in total. The summed E-state index contributed by atoms with van der Waals surface area (Å²) in [6.45, 7) is 4.97. The molecule has 1 aromatic carbocycles. The first kappa shape index (κ1) is 15.4. The first-order chi connectivity index (χ1) is 10.6. The molecule has 1 aliphatic rings. The molecule has 0 amide bonds. The number of aromatic nitrogens is 1. The van der Waals surface area contributed by atoms with Crippen LogP contribution in [0.5, 0.6) is 0 Å². The van der Waals surface area contributed by atoms with Crippen LogP contribution in [0.15, 0.2) is 29.2 Å². The SMILES string of the molecule is Cc1c(Cc2cccc(S)c2)c2c(n1CC=O)CCC(C)C2. The smallest absolute Gasteiger partial charge is 0.139 e. The van der Waals surface area contributed by atoms with E-state index in [0.29, 0.717) is 6.54 Å². The first-order valence-corrected chi connectivity index (χ1v) is 8.46. The van der Waals surface area contributed by atoms with Crippen molar-refractivity contribution in [3.05, 3.63) is 52.3 Å². The number of hydrogen-bond acceptors (Lipinski definition) is 2. The Morgan fingerprint density at radius 2 is 2.23 bits per heavy atom. The molecule has 0 aliphatic heterocycles. The van der Waals surface area contributed by atoms with Crippen molar-refractivity contribution in [2.45, 2.75) is 51.0 Å². The third kappa shape index (κ3) is 2.87. The minimum atomic E-state index is 0.481. The van der Waals surface area contributed by atoms with Gasteiger partial charge in [0.15, 0.2) is 0 Å². The maximum Gasteiger partial charge on any atom is 0.139 e. The van der Waals surface area contributed by atoms with E-state index in [2.05, 4.69) is 49.2 Å². The standard InChI is InChI=1S/C19H23NOS/c1-13-6-7-19-18(10-13)17(14(2)20(19)8-9-21)12-15-4-3-5-16(22)11-15/h3-5,9,11,13,22H,6-8,10,12H2,1-2H3. The largest absolute Gasteiger partial charge is 0.341 e. The summed E-state index contributed by atoms with van der Waals surface area (Å²) in [6.07, 6.45) is 5.40. The quantitative estimate of drug-likeness (QED) is 0.669. The highest BCUT2D eigenvalue weighted by molar-refractivity contribution is 7.80. The molecule has 3 heteroatoms. The third-order valence-electron chi connectivity index (χ3n) is 4.86. The van der Waals surface area contributed by atoms with Crippen LogP contribution in [0.1, 0.15) is 41.4 Å². The third-order valence-corrected chi connectivity index (χ3v) is 5.13. The average Bonchev–Trinajstić information content (AvgIpc) is 2.73. The summed E-state index contributed by atoms with van der Waals surface area (Å²) < 4.78 is 2.23. The minimum Gasteiger partial charge on any atom is -0.341 e. The summed E-state index contributed by atoms with van der Waals surface area (Å²) in [5.74, 6) is 0.731. The molecule has 2 aromatic rings. The van der Waals surface area contributed by atoms with Crippen LogP contribution in [0.4, 0.5) is 0 Å². The molecule has 3 rings (SSSR count). The monoisotopic (exact) mass is 313 g/mol. The molecule has 0 spiro atoms. The van der Waals surface area contributed by atoms with Crippen LogP contribution in [-0.4, -0.2) is 10.9 Å². The molecule has 0 radical (unpaired) electrons. The molecular formula is C19H23NOS. The average molecular weight is 313 g/mol. The molecule has 0 saturated heterocycles. The van der Waals surface area contributed by atoms with E-state index in [-0.39, 0.29) is 0 Å². The van der Waals surface area contributed by atoms with E-state index in [1.165, 1.54) is 34.5 Å². The highest BCUT2D eigenvalue weighted by Gasteiger charge is 2.25. The molecule has 0 bridgehead atoms. The summed E-state index contributed by atoms with van der Waals surface area (Å²) in [7, 11) is 0. The van der Waals surface area contributed by atoms with Crippen molar-refractivity contribution in [2.75, 3.05) is 0 Å². The van der Waals surface area contributed by atoms with Gasteiger partial charge in [-0.15, -0.1) is 12.6 Å². The number of hydrogen-bond donors (Lipinski definition) is 1. The fraction of sp³-hybridized carbons (Fsp3) is 0.421. The molecule has 1 unspecified atom stereocenters. The van der Waals surface area contributed by atoms with Crippen molar-refractivity contribution < 1.29 is 4.79 Å². The lowest BCUT2D eigenvalue weighted by Gasteiger charge is -2.21. The van der Waals surface area contributed by atoms with Gasteiger partial charge in [0.05, 0.1) is 6.54 Å². The van der Waals surface area contributed by atoms with Gasteiger partial charge in [-0.05, 0) is 67.3 Å². The van der Waals surface area contributed by atoms with Gasteiger partial charge in [0.1, 0.15) is 6.29 Å². The van der Waals surface area contributed by atoms with Gasteiger partial charge in [0.2, 0.25) is 0 Å². The molecule has 22 heavy (non-hydrogen) atoms. The van der Waals surface area contributed by atoms with Crippen LogP contribution in [0.2, 0.25) is 0 Å². The maximum absolute atomic E-state index is 11.1. The van der Waals surface area contributed by atoms with Crippen molar-refractivity contribution in [1.82, 2.24) is 4.57 Å². The van der Waals surface area contributed by atoms with Crippen LogP contribution in [0, 0.1) is 12.8 Å². The predicted octanol–water partition coefficient (Wildman–Crippen LogP) is 4.00. The Labute approximate surface area is 138 Å². The minimum absolute atomic E-state index is 0.481. The van der Waals surface area contributed by atoms with E-state index in [0.717, 1.165) is 36.4 Å². The van der Waals surface area contributed by atoms with E-state index < -0.39 is 0 Å².